The maximum Gasteiger partial charge on any atom is 0.343 e. The lowest BCUT2D eigenvalue weighted by atomic mass is 9.94. The van der Waals surface area contributed by atoms with Crippen LogP contribution in [0.4, 0.5) is 0 Å². The van der Waals surface area contributed by atoms with Crippen molar-refractivity contribution in [1.82, 2.24) is 19.7 Å². The van der Waals surface area contributed by atoms with Gasteiger partial charge in [0, 0.05) is 19.6 Å². The van der Waals surface area contributed by atoms with Gasteiger partial charge in [-0.25, -0.2) is 9.89 Å². The topological polar surface area (TPSA) is 71.0 Å². The number of hydrogen-bond donors (Lipinski definition) is 1. The molecule has 0 radical (unpaired) electrons. The first kappa shape index (κ1) is 17.1. The average Bonchev–Trinajstić information content (AvgIpc) is 2.88. The monoisotopic (exact) mass is 326 g/mol. The molecule has 6 nitrogen and oxygen atoms in total. The molecule has 0 aliphatic heterocycles. The fraction of sp³-hybridized carbons (Fsp3) is 0.800. The normalized spacial score (nSPS) is 17.4. The van der Waals surface area contributed by atoms with Gasteiger partial charge in [-0.2, -0.15) is 0 Å². The molecule has 1 amide bonds. The zero-order chi connectivity index (χ0) is 16.1. The second-order valence-corrected chi connectivity index (χ2v) is 7.27. The van der Waals surface area contributed by atoms with Crippen LogP contribution in [0.3, 0.4) is 0 Å². The lowest BCUT2D eigenvalue weighted by Gasteiger charge is -2.32. The summed E-state index contributed by atoms with van der Waals surface area (Å²) in [6.45, 7) is 4.53. The maximum atomic E-state index is 12.6. The number of nitrogens with zero attached hydrogens (tertiary/aromatic N) is 3. The molecule has 1 aliphatic carbocycles. The van der Waals surface area contributed by atoms with E-state index in [2.05, 4.69) is 10.2 Å². The Labute approximate surface area is 135 Å². The molecule has 1 aliphatic rings. The third-order valence-corrected chi connectivity index (χ3v) is 5.35. The molecule has 1 aromatic rings. The van der Waals surface area contributed by atoms with Gasteiger partial charge in [0.05, 0.1) is 5.25 Å². The van der Waals surface area contributed by atoms with Gasteiger partial charge in [0.25, 0.3) is 0 Å². The highest BCUT2D eigenvalue weighted by Gasteiger charge is 2.27. The minimum Gasteiger partial charge on any atom is -0.342 e. The Bertz CT molecular complexity index is 548. The highest BCUT2D eigenvalue weighted by molar-refractivity contribution is 8.00. The molecule has 1 saturated carbocycles. The molecule has 22 heavy (non-hydrogen) atoms. The number of carbonyl (C=O) groups is 1. The summed E-state index contributed by atoms with van der Waals surface area (Å²) in [5.41, 5.74) is -0.204. The van der Waals surface area contributed by atoms with Crippen LogP contribution in [-0.2, 0) is 11.3 Å². The first-order valence-corrected chi connectivity index (χ1v) is 9.01. The van der Waals surface area contributed by atoms with E-state index in [4.69, 9.17) is 0 Å². The van der Waals surface area contributed by atoms with E-state index in [0.29, 0.717) is 17.7 Å². The van der Waals surface area contributed by atoms with Gasteiger partial charge >= 0.3 is 5.69 Å². The van der Waals surface area contributed by atoms with Crippen molar-refractivity contribution in [3.8, 4) is 0 Å². The SMILES string of the molecule is CCCn1c(S[C@@H](C)C(=O)N(C)C2CCCCC2)n[nH]c1=O. The van der Waals surface area contributed by atoms with Crippen LogP contribution in [0.2, 0.25) is 0 Å². The minimum absolute atomic E-state index is 0.121. The molecule has 2 rings (SSSR count). The second-order valence-electron chi connectivity index (χ2n) is 5.96. The molecule has 0 saturated heterocycles. The predicted octanol–water partition coefficient (Wildman–Crippen LogP) is 2.25. The van der Waals surface area contributed by atoms with Crippen LogP contribution in [0.5, 0.6) is 0 Å². The summed E-state index contributed by atoms with van der Waals surface area (Å²) >= 11 is 1.36. The molecule has 1 aromatic heterocycles. The molecule has 1 fully saturated rings. The Balaban J connectivity index is 2.00. The van der Waals surface area contributed by atoms with E-state index in [1.165, 1.54) is 31.0 Å². The van der Waals surface area contributed by atoms with Crippen LogP contribution in [0.1, 0.15) is 52.4 Å². The van der Waals surface area contributed by atoms with E-state index in [1.54, 1.807) is 4.57 Å². The summed E-state index contributed by atoms with van der Waals surface area (Å²) < 4.78 is 1.61. The van der Waals surface area contributed by atoms with Crippen LogP contribution >= 0.6 is 11.8 Å². The molecule has 124 valence electrons. The summed E-state index contributed by atoms with van der Waals surface area (Å²) in [7, 11) is 1.90. The summed E-state index contributed by atoms with van der Waals surface area (Å²) in [5, 5.41) is 6.88. The van der Waals surface area contributed by atoms with Crippen molar-refractivity contribution in [3.63, 3.8) is 0 Å². The van der Waals surface area contributed by atoms with Gasteiger partial charge in [0.2, 0.25) is 5.91 Å². The first-order valence-electron chi connectivity index (χ1n) is 8.13. The maximum absolute atomic E-state index is 12.6. The number of rotatable bonds is 6. The van der Waals surface area contributed by atoms with Crippen LogP contribution in [0.25, 0.3) is 0 Å². The lowest BCUT2D eigenvalue weighted by Crippen LogP contribution is -2.42. The van der Waals surface area contributed by atoms with E-state index in [-0.39, 0.29) is 16.8 Å². The number of amides is 1. The van der Waals surface area contributed by atoms with E-state index in [9.17, 15) is 9.59 Å². The van der Waals surface area contributed by atoms with Crippen molar-refractivity contribution in [1.29, 1.82) is 0 Å². The van der Waals surface area contributed by atoms with Crippen LogP contribution < -0.4 is 5.69 Å². The third kappa shape index (κ3) is 3.94. The number of carbonyl (C=O) groups excluding carboxylic acids is 1. The van der Waals surface area contributed by atoms with E-state index in [0.717, 1.165) is 19.3 Å². The smallest absolute Gasteiger partial charge is 0.342 e. The van der Waals surface area contributed by atoms with Crippen molar-refractivity contribution >= 4 is 17.7 Å². The molecule has 0 aromatic carbocycles. The van der Waals surface area contributed by atoms with E-state index >= 15 is 0 Å². The van der Waals surface area contributed by atoms with Crippen molar-refractivity contribution in [2.45, 2.75) is 75.4 Å². The van der Waals surface area contributed by atoms with Gasteiger partial charge in [-0.3, -0.25) is 9.36 Å². The number of aromatic nitrogens is 3. The van der Waals surface area contributed by atoms with Crippen LogP contribution in [-0.4, -0.2) is 43.9 Å². The number of hydrogen-bond acceptors (Lipinski definition) is 4. The molecular formula is C15H26N4O2S. The minimum atomic E-state index is -0.238. The average molecular weight is 326 g/mol. The van der Waals surface area contributed by atoms with E-state index < -0.39 is 0 Å². The van der Waals surface area contributed by atoms with Gasteiger partial charge in [-0.05, 0) is 26.2 Å². The van der Waals surface area contributed by atoms with Crippen molar-refractivity contribution in [3.05, 3.63) is 10.5 Å². The predicted molar refractivity (Wildman–Crippen MR) is 88.1 cm³/mol. The molecular weight excluding hydrogens is 300 g/mol. The fourth-order valence-electron chi connectivity index (χ4n) is 2.96. The van der Waals surface area contributed by atoms with Gasteiger partial charge in [-0.15, -0.1) is 5.10 Å². The highest BCUT2D eigenvalue weighted by Crippen LogP contribution is 2.26. The van der Waals surface area contributed by atoms with Crippen molar-refractivity contribution < 1.29 is 4.79 Å². The number of nitrogens with one attached hydrogen (secondary N) is 1. The largest absolute Gasteiger partial charge is 0.343 e. The lowest BCUT2D eigenvalue weighted by molar-refractivity contribution is -0.131. The Morgan fingerprint density at radius 1 is 1.45 bits per heavy atom. The van der Waals surface area contributed by atoms with Crippen molar-refractivity contribution in [2.24, 2.45) is 0 Å². The Hall–Kier alpha value is -1.24. The van der Waals surface area contributed by atoms with Gasteiger partial charge in [0.1, 0.15) is 0 Å². The van der Waals surface area contributed by atoms with E-state index in [1.807, 2.05) is 25.8 Å². The Morgan fingerprint density at radius 2 is 2.14 bits per heavy atom. The zero-order valence-corrected chi connectivity index (χ0v) is 14.5. The first-order chi connectivity index (χ1) is 10.5. The Kier molecular flexibility index (Phi) is 6.11. The summed E-state index contributed by atoms with van der Waals surface area (Å²) in [4.78, 5) is 26.2. The number of aromatic amines is 1. The summed E-state index contributed by atoms with van der Waals surface area (Å²) in [5.74, 6) is 0.121. The summed E-state index contributed by atoms with van der Waals surface area (Å²) in [6, 6.07) is 0.362. The molecule has 1 heterocycles. The van der Waals surface area contributed by atoms with Gasteiger partial charge < -0.3 is 4.90 Å². The number of H-pyrrole nitrogens is 1. The fourth-order valence-corrected chi connectivity index (χ4v) is 3.94. The molecule has 7 heteroatoms. The molecule has 1 atom stereocenters. The van der Waals surface area contributed by atoms with Crippen molar-refractivity contribution in [2.75, 3.05) is 7.05 Å². The quantitative estimate of drug-likeness (QED) is 0.814. The van der Waals surface area contributed by atoms with Crippen LogP contribution in [0.15, 0.2) is 9.95 Å². The number of thioether (sulfide) groups is 1. The van der Waals surface area contributed by atoms with Crippen LogP contribution in [0, 0.1) is 0 Å². The third-order valence-electron chi connectivity index (χ3n) is 4.27. The molecule has 0 bridgehead atoms. The second kappa shape index (κ2) is 7.85. The highest BCUT2D eigenvalue weighted by atomic mass is 32.2. The molecule has 1 N–H and O–H groups in total. The Morgan fingerprint density at radius 3 is 2.77 bits per heavy atom. The van der Waals surface area contributed by atoms with Gasteiger partial charge in [-0.1, -0.05) is 37.9 Å². The van der Waals surface area contributed by atoms with Gasteiger partial charge in [0.15, 0.2) is 5.16 Å². The standard InChI is InChI=1S/C15H26N4O2S/c1-4-10-19-14(21)16-17-15(19)22-11(2)13(20)18(3)12-8-6-5-7-9-12/h11-12H,4-10H2,1-3H3,(H,16,21)/t11-/m0/s1. The summed E-state index contributed by atoms with van der Waals surface area (Å²) in [6.07, 6.45) is 6.75. The zero-order valence-electron chi connectivity index (χ0n) is 13.7. The molecule has 0 spiro atoms. The molecule has 0 unspecified atom stereocenters.